The lowest BCUT2D eigenvalue weighted by molar-refractivity contribution is -0.138. The van der Waals surface area contributed by atoms with E-state index in [1.807, 2.05) is 37.4 Å². The second-order valence-electron chi connectivity index (χ2n) is 4.67. The van der Waals surface area contributed by atoms with Gasteiger partial charge in [-0.3, -0.25) is 9.59 Å². The van der Waals surface area contributed by atoms with Crippen molar-refractivity contribution in [3.8, 4) is 0 Å². The average Bonchev–Trinajstić information content (AvgIpc) is 2.39. The number of carbonyl (C=O) groups is 2. The molecule has 1 atom stereocenters. The van der Waals surface area contributed by atoms with Crippen LogP contribution in [0.15, 0.2) is 24.3 Å². The average molecular weight is 295 g/mol. The molecule has 0 aliphatic carbocycles. The normalized spacial score (nSPS) is 11.9. The maximum Gasteiger partial charge on any atom is 0.305 e. The molecule has 0 aromatic heterocycles. The molecule has 0 saturated heterocycles. The minimum Gasteiger partial charge on any atom is -0.481 e. The number of thioether (sulfide) groups is 1. The van der Waals surface area contributed by atoms with Gasteiger partial charge in [0.05, 0.1) is 6.42 Å². The SMILES string of the molecule is CCN(C(=O)c1ccc(CSC)cc1)C(C)CC(=O)O. The number of aliphatic carboxylic acids is 1. The summed E-state index contributed by atoms with van der Waals surface area (Å²) in [5.41, 5.74) is 1.78. The molecule has 0 fully saturated rings. The van der Waals surface area contributed by atoms with E-state index in [0.29, 0.717) is 12.1 Å². The van der Waals surface area contributed by atoms with Crippen LogP contribution in [-0.4, -0.2) is 40.7 Å². The van der Waals surface area contributed by atoms with Gasteiger partial charge in [0.25, 0.3) is 5.91 Å². The van der Waals surface area contributed by atoms with E-state index in [-0.39, 0.29) is 18.4 Å². The Balaban J connectivity index is 2.82. The Hall–Kier alpha value is -1.49. The zero-order chi connectivity index (χ0) is 15.1. The van der Waals surface area contributed by atoms with Crippen LogP contribution in [-0.2, 0) is 10.5 Å². The first-order chi connectivity index (χ1) is 9.49. The van der Waals surface area contributed by atoms with Crippen molar-refractivity contribution in [2.75, 3.05) is 12.8 Å². The summed E-state index contributed by atoms with van der Waals surface area (Å²) in [6.45, 7) is 4.12. The summed E-state index contributed by atoms with van der Waals surface area (Å²) in [7, 11) is 0. The molecule has 4 nitrogen and oxygen atoms in total. The van der Waals surface area contributed by atoms with Crippen LogP contribution in [0, 0.1) is 0 Å². The molecule has 0 bridgehead atoms. The number of benzene rings is 1. The highest BCUT2D eigenvalue weighted by atomic mass is 32.2. The summed E-state index contributed by atoms with van der Waals surface area (Å²) < 4.78 is 0. The van der Waals surface area contributed by atoms with Crippen molar-refractivity contribution < 1.29 is 14.7 Å². The van der Waals surface area contributed by atoms with E-state index in [1.54, 1.807) is 23.6 Å². The molecule has 1 aromatic rings. The monoisotopic (exact) mass is 295 g/mol. The number of carboxylic acid groups (broad SMARTS) is 1. The van der Waals surface area contributed by atoms with Crippen LogP contribution in [0.1, 0.15) is 36.2 Å². The quantitative estimate of drug-likeness (QED) is 0.840. The van der Waals surface area contributed by atoms with E-state index in [1.165, 1.54) is 5.56 Å². The molecule has 0 aliphatic heterocycles. The lowest BCUT2D eigenvalue weighted by Gasteiger charge is -2.27. The standard InChI is InChI=1S/C15H21NO3S/c1-4-16(11(2)9-14(17)18)15(19)13-7-5-12(6-8-13)10-20-3/h5-8,11H,4,9-10H2,1-3H3,(H,17,18). The van der Waals surface area contributed by atoms with Crippen LogP contribution >= 0.6 is 11.8 Å². The van der Waals surface area contributed by atoms with Crippen molar-refractivity contribution in [3.63, 3.8) is 0 Å². The molecular weight excluding hydrogens is 274 g/mol. The van der Waals surface area contributed by atoms with Gasteiger partial charge in [-0.15, -0.1) is 0 Å². The highest BCUT2D eigenvalue weighted by Crippen LogP contribution is 2.14. The second-order valence-corrected chi connectivity index (χ2v) is 5.53. The fraction of sp³-hybridized carbons (Fsp3) is 0.467. The number of rotatable bonds is 7. The Bertz CT molecular complexity index is 459. The van der Waals surface area contributed by atoms with Crippen molar-refractivity contribution in [1.82, 2.24) is 4.90 Å². The van der Waals surface area contributed by atoms with E-state index >= 15 is 0 Å². The molecule has 1 rings (SSSR count). The minimum absolute atomic E-state index is 0.0376. The van der Waals surface area contributed by atoms with E-state index in [4.69, 9.17) is 5.11 Å². The summed E-state index contributed by atoms with van der Waals surface area (Å²) in [4.78, 5) is 24.8. The number of carboxylic acids is 1. The summed E-state index contributed by atoms with van der Waals surface area (Å²) >= 11 is 1.73. The largest absolute Gasteiger partial charge is 0.481 e. The Morgan fingerprint density at radius 1 is 1.30 bits per heavy atom. The molecule has 0 spiro atoms. The van der Waals surface area contributed by atoms with Crippen molar-refractivity contribution >= 4 is 23.6 Å². The van der Waals surface area contributed by atoms with Gasteiger partial charge in [-0.2, -0.15) is 11.8 Å². The number of hydrogen-bond acceptors (Lipinski definition) is 3. The summed E-state index contributed by atoms with van der Waals surface area (Å²) in [5, 5.41) is 8.84. The van der Waals surface area contributed by atoms with E-state index < -0.39 is 5.97 Å². The van der Waals surface area contributed by atoms with Gasteiger partial charge in [0.1, 0.15) is 0 Å². The molecule has 1 aromatic carbocycles. The molecule has 1 unspecified atom stereocenters. The van der Waals surface area contributed by atoms with Gasteiger partial charge in [0.2, 0.25) is 0 Å². The van der Waals surface area contributed by atoms with Gasteiger partial charge in [0.15, 0.2) is 0 Å². The van der Waals surface area contributed by atoms with Gasteiger partial charge < -0.3 is 10.0 Å². The van der Waals surface area contributed by atoms with E-state index in [2.05, 4.69) is 0 Å². The van der Waals surface area contributed by atoms with Crippen LogP contribution in [0.4, 0.5) is 0 Å². The summed E-state index contributed by atoms with van der Waals surface area (Å²) in [6, 6.07) is 7.20. The van der Waals surface area contributed by atoms with Crippen LogP contribution in [0.3, 0.4) is 0 Å². The second kappa shape index (κ2) is 7.94. The molecule has 0 heterocycles. The molecule has 0 aliphatic rings. The number of hydrogen-bond donors (Lipinski definition) is 1. The fourth-order valence-electron chi connectivity index (χ4n) is 2.09. The maximum absolute atomic E-state index is 12.4. The zero-order valence-electron chi connectivity index (χ0n) is 12.1. The third-order valence-corrected chi connectivity index (χ3v) is 3.74. The minimum atomic E-state index is -0.890. The van der Waals surface area contributed by atoms with Crippen LogP contribution < -0.4 is 0 Å². The van der Waals surface area contributed by atoms with Crippen LogP contribution in [0.25, 0.3) is 0 Å². The fourth-order valence-corrected chi connectivity index (χ4v) is 2.62. The van der Waals surface area contributed by atoms with Gasteiger partial charge in [-0.05, 0) is 37.8 Å². The van der Waals surface area contributed by atoms with Gasteiger partial charge in [-0.25, -0.2) is 0 Å². The third-order valence-electron chi connectivity index (χ3n) is 3.12. The Labute approximate surface area is 124 Å². The Kier molecular flexibility index (Phi) is 6.58. The number of nitrogens with zero attached hydrogens (tertiary/aromatic N) is 1. The first-order valence-electron chi connectivity index (χ1n) is 6.60. The first-order valence-corrected chi connectivity index (χ1v) is 7.99. The first kappa shape index (κ1) is 16.6. The highest BCUT2D eigenvalue weighted by molar-refractivity contribution is 7.97. The molecule has 110 valence electrons. The van der Waals surface area contributed by atoms with Gasteiger partial charge >= 0.3 is 5.97 Å². The van der Waals surface area contributed by atoms with Crippen molar-refractivity contribution in [2.45, 2.75) is 32.1 Å². The lowest BCUT2D eigenvalue weighted by atomic mass is 10.1. The van der Waals surface area contributed by atoms with Crippen LogP contribution in [0.5, 0.6) is 0 Å². The Morgan fingerprint density at radius 2 is 1.90 bits per heavy atom. The molecular formula is C15H21NO3S. The van der Waals surface area contributed by atoms with E-state index in [9.17, 15) is 9.59 Å². The van der Waals surface area contributed by atoms with Crippen molar-refractivity contribution in [2.24, 2.45) is 0 Å². The lowest BCUT2D eigenvalue weighted by Crippen LogP contribution is -2.39. The topological polar surface area (TPSA) is 57.6 Å². The van der Waals surface area contributed by atoms with E-state index in [0.717, 1.165) is 5.75 Å². The molecule has 1 N–H and O–H groups in total. The van der Waals surface area contributed by atoms with Gasteiger partial charge in [-0.1, -0.05) is 12.1 Å². The maximum atomic E-state index is 12.4. The number of carbonyl (C=O) groups excluding carboxylic acids is 1. The number of amides is 1. The smallest absolute Gasteiger partial charge is 0.305 e. The molecule has 20 heavy (non-hydrogen) atoms. The highest BCUT2D eigenvalue weighted by Gasteiger charge is 2.21. The van der Waals surface area contributed by atoms with Crippen LogP contribution in [0.2, 0.25) is 0 Å². The predicted octanol–water partition coefficient (Wildman–Crippen LogP) is 2.87. The van der Waals surface area contributed by atoms with Crippen molar-refractivity contribution in [3.05, 3.63) is 35.4 Å². The predicted molar refractivity (Wildman–Crippen MR) is 82.1 cm³/mol. The molecule has 0 radical (unpaired) electrons. The Morgan fingerprint density at radius 3 is 2.35 bits per heavy atom. The molecule has 0 saturated carbocycles. The molecule has 1 amide bonds. The third kappa shape index (κ3) is 4.56. The summed E-state index contributed by atoms with van der Waals surface area (Å²) in [5.74, 6) is -0.0856. The molecule has 5 heteroatoms. The summed E-state index contributed by atoms with van der Waals surface area (Å²) in [6.07, 6.45) is 2.00. The van der Waals surface area contributed by atoms with Gasteiger partial charge in [0, 0.05) is 23.9 Å². The van der Waals surface area contributed by atoms with Crippen molar-refractivity contribution in [1.29, 1.82) is 0 Å². The zero-order valence-corrected chi connectivity index (χ0v) is 12.9.